The number of allylic oxidation sites excluding steroid dienone is 1. The van der Waals surface area contributed by atoms with Crippen molar-refractivity contribution in [3.05, 3.63) is 42.5 Å². The van der Waals surface area contributed by atoms with Crippen molar-refractivity contribution >= 4 is 5.97 Å². The van der Waals surface area contributed by atoms with Crippen LogP contribution in [0, 0.1) is 0 Å². The minimum absolute atomic E-state index is 0.109. The zero-order valence-corrected chi connectivity index (χ0v) is 7.19. The molecule has 1 aliphatic rings. The monoisotopic (exact) mass is 174 g/mol. The summed E-state index contributed by atoms with van der Waals surface area (Å²) >= 11 is 0. The lowest BCUT2D eigenvalue weighted by Gasteiger charge is -2.21. The quantitative estimate of drug-likeness (QED) is 0.371. The van der Waals surface area contributed by atoms with Crippen molar-refractivity contribution < 1.29 is 9.53 Å². The van der Waals surface area contributed by atoms with Gasteiger partial charge < -0.3 is 4.74 Å². The van der Waals surface area contributed by atoms with E-state index in [1.165, 1.54) is 0 Å². The fraction of sp³-hybridized carbons (Fsp3) is 0.182. The van der Waals surface area contributed by atoms with Gasteiger partial charge in [0.05, 0.1) is 6.42 Å². The van der Waals surface area contributed by atoms with Crippen LogP contribution in [0.5, 0.6) is 5.75 Å². The second-order valence-electron chi connectivity index (χ2n) is 3.06. The first-order valence-corrected chi connectivity index (χ1v) is 4.23. The van der Waals surface area contributed by atoms with Gasteiger partial charge in [0, 0.05) is 11.5 Å². The zero-order chi connectivity index (χ0) is 9.26. The molecule has 0 N–H and O–H groups in total. The maximum absolute atomic E-state index is 11.1. The lowest BCUT2D eigenvalue weighted by Crippen LogP contribution is -2.18. The van der Waals surface area contributed by atoms with Crippen LogP contribution in [0.3, 0.4) is 0 Å². The molecule has 1 aromatic carbocycles. The van der Waals surface area contributed by atoms with Gasteiger partial charge in [-0.3, -0.25) is 4.79 Å². The molecular formula is C11H10O2. The highest BCUT2D eigenvalue weighted by atomic mass is 16.5. The molecule has 0 aromatic heterocycles. The van der Waals surface area contributed by atoms with Crippen molar-refractivity contribution in [1.82, 2.24) is 0 Å². The van der Waals surface area contributed by atoms with Gasteiger partial charge in [-0.1, -0.05) is 24.3 Å². The van der Waals surface area contributed by atoms with Gasteiger partial charge in [-0.25, -0.2) is 0 Å². The number of carbonyl (C=O) groups is 1. The average molecular weight is 174 g/mol. The van der Waals surface area contributed by atoms with Crippen LogP contribution in [-0.4, -0.2) is 5.97 Å². The summed E-state index contributed by atoms with van der Waals surface area (Å²) in [6.45, 7) is 3.71. The second kappa shape index (κ2) is 3.05. The highest BCUT2D eigenvalue weighted by Gasteiger charge is 2.23. The Morgan fingerprint density at radius 2 is 2.23 bits per heavy atom. The van der Waals surface area contributed by atoms with E-state index >= 15 is 0 Å². The minimum Gasteiger partial charge on any atom is -0.426 e. The third-order valence-corrected chi connectivity index (χ3v) is 2.21. The van der Waals surface area contributed by atoms with Crippen molar-refractivity contribution in [1.29, 1.82) is 0 Å². The summed E-state index contributed by atoms with van der Waals surface area (Å²) in [4.78, 5) is 11.1. The molecule has 0 saturated heterocycles. The van der Waals surface area contributed by atoms with Crippen LogP contribution in [0.15, 0.2) is 36.9 Å². The van der Waals surface area contributed by atoms with Gasteiger partial charge in [-0.15, -0.1) is 6.58 Å². The van der Waals surface area contributed by atoms with E-state index < -0.39 is 0 Å². The smallest absolute Gasteiger partial charge is 0.312 e. The van der Waals surface area contributed by atoms with Crippen molar-refractivity contribution in [3.63, 3.8) is 0 Å². The summed E-state index contributed by atoms with van der Waals surface area (Å²) in [6.07, 6.45) is 2.19. The molecule has 1 atom stereocenters. The molecule has 2 rings (SSSR count). The minimum atomic E-state index is -0.177. The highest BCUT2D eigenvalue weighted by molar-refractivity contribution is 5.77. The SMILES string of the molecule is C=CC1CC(=O)Oc2ccccc21. The fourth-order valence-corrected chi connectivity index (χ4v) is 1.54. The van der Waals surface area contributed by atoms with Gasteiger partial charge in [0.2, 0.25) is 0 Å². The van der Waals surface area contributed by atoms with Gasteiger partial charge >= 0.3 is 5.97 Å². The van der Waals surface area contributed by atoms with Crippen molar-refractivity contribution in [2.24, 2.45) is 0 Å². The molecule has 1 aliphatic heterocycles. The van der Waals surface area contributed by atoms with E-state index in [-0.39, 0.29) is 11.9 Å². The molecule has 13 heavy (non-hydrogen) atoms. The van der Waals surface area contributed by atoms with E-state index in [2.05, 4.69) is 6.58 Å². The number of hydrogen-bond donors (Lipinski definition) is 0. The van der Waals surface area contributed by atoms with Crippen LogP contribution in [0.4, 0.5) is 0 Å². The Bertz CT molecular complexity index is 355. The first kappa shape index (κ1) is 8.05. The molecule has 0 fully saturated rings. The molecule has 1 heterocycles. The standard InChI is InChI=1S/C11H10O2/c1-2-8-7-11(12)13-10-6-4-3-5-9(8)10/h2-6,8H,1,7H2. The van der Waals surface area contributed by atoms with Crippen LogP contribution in [-0.2, 0) is 4.79 Å². The first-order chi connectivity index (χ1) is 6.31. The van der Waals surface area contributed by atoms with Gasteiger partial charge in [-0.05, 0) is 6.07 Å². The highest BCUT2D eigenvalue weighted by Crippen LogP contribution is 2.34. The van der Waals surface area contributed by atoms with Crippen LogP contribution in [0.1, 0.15) is 17.9 Å². The number of fused-ring (bicyclic) bond motifs is 1. The van der Waals surface area contributed by atoms with Crippen molar-refractivity contribution in [2.75, 3.05) is 0 Å². The molecule has 2 heteroatoms. The first-order valence-electron chi connectivity index (χ1n) is 4.23. The molecule has 0 radical (unpaired) electrons. The molecule has 2 nitrogen and oxygen atoms in total. The Balaban J connectivity index is 2.48. The number of carbonyl (C=O) groups excluding carboxylic acids is 1. The number of para-hydroxylation sites is 1. The van der Waals surface area contributed by atoms with Crippen molar-refractivity contribution in [3.8, 4) is 5.75 Å². The fourth-order valence-electron chi connectivity index (χ4n) is 1.54. The van der Waals surface area contributed by atoms with Gasteiger partial charge in [0.15, 0.2) is 0 Å². The maximum atomic E-state index is 11.1. The van der Waals surface area contributed by atoms with E-state index in [0.29, 0.717) is 12.2 Å². The number of rotatable bonds is 1. The third kappa shape index (κ3) is 1.35. The molecular weight excluding hydrogens is 164 g/mol. The Kier molecular flexibility index (Phi) is 1.89. The number of hydrogen-bond acceptors (Lipinski definition) is 2. The van der Waals surface area contributed by atoms with E-state index in [0.717, 1.165) is 5.56 Å². The van der Waals surface area contributed by atoms with E-state index in [1.54, 1.807) is 6.08 Å². The predicted octanol–water partition coefficient (Wildman–Crippen LogP) is 2.27. The average Bonchev–Trinajstić information content (AvgIpc) is 2.16. The van der Waals surface area contributed by atoms with Crippen LogP contribution in [0.2, 0.25) is 0 Å². The van der Waals surface area contributed by atoms with Gasteiger partial charge in [0.1, 0.15) is 5.75 Å². The maximum Gasteiger partial charge on any atom is 0.312 e. The molecule has 0 spiro atoms. The van der Waals surface area contributed by atoms with Gasteiger partial charge in [0.25, 0.3) is 0 Å². The largest absolute Gasteiger partial charge is 0.426 e. The zero-order valence-electron chi connectivity index (χ0n) is 7.19. The summed E-state index contributed by atoms with van der Waals surface area (Å²) in [5.74, 6) is 0.602. The molecule has 0 aliphatic carbocycles. The lowest BCUT2D eigenvalue weighted by molar-refractivity contribution is -0.135. The Morgan fingerprint density at radius 3 is 3.00 bits per heavy atom. The van der Waals surface area contributed by atoms with E-state index in [9.17, 15) is 4.79 Å². The number of ether oxygens (including phenoxy) is 1. The molecule has 0 amide bonds. The van der Waals surface area contributed by atoms with Gasteiger partial charge in [-0.2, -0.15) is 0 Å². The molecule has 1 unspecified atom stereocenters. The normalized spacial score (nSPS) is 20.3. The topological polar surface area (TPSA) is 26.3 Å². The third-order valence-electron chi connectivity index (χ3n) is 2.21. The summed E-state index contributed by atoms with van der Waals surface area (Å²) in [5, 5.41) is 0. The number of benzene rings is 1. The second-order valence-corrected chi connectivity index (χ2v) is 3.06. The number of esters is 1. The molecule has 1 aromatic rings. The Hall–Kier alpha value is -1.57. The lowest BCUT2D eigenvalue weighted by atomic mass is 9.93. The van der Waals surface area contributed by atoms with Crippen LogP contribution in [0.25, 0.3) is 0 Å². The van der Waals surface area contributed by atoms with Crippen molar-refractivity contribution in [2.45, 2.75) is 12.3 Å². The van der Waals surface area contributed by atoms with Crippen LogP contribution >= 0.6 is 0 Å². The predicted molar refractivity (Wildman–Crippen MR) is 49.6 cm³/mol. The summed E-state index contributed by atoms with van der Waals surface area (Å²) in [7, 11) is 0. The molecule has 0 bridgehead atoms. The summed E-state index contributed by atoms with van der Waals surface area (Å²) in [6, 6.07) is 7.57. The summed E-state index contributed by atoms with van der Waals surface area (Å²) < 4.78 is 5.08. The van der Waals surface area contributed by atoms with Crippen LogP contribution < -0.4 is 4.74 Å². The van der Waals surface area contributed by atoms with E-state index in [4.69, 9.17) is 4.74 Å². The Morgan fingerprint density at radius 1 is 1.46 bits per heavy atom. The summed E-state index contributed by atoms with van der Waals surface area (Å²) in [5.41, 5.74) is 1.05. The van der Waals surface area contributed by atoms with E-state index in [1.807, 2.05) is 24.3 Å². The molecule has 0 saturated carbocycles. The Labute approximate surface area is 76.8 Å². The molecule has 66 valence electrons.